The van der Waals surface area contributed by atoms with Crippen molar-refractivity contribution in [1.29, 1.82) is 0 Å². The molecule has 0 aliphatic heterocycles. The van der Waals surface area contributed by atoms with Gasteiger partial charge in [0.1, 0.15) is 11.6 Å². The molecular weight excluding hydrogens is 253 g/mol. The van der Waals surface area contributed by atoms with Crippen LogP contribution in [0.3, 0.4) is 0 Å². The quantitative estimate of drug-likeness (QED) is 0.887. The molecule has 0 spiro atoms. The zero-order valence-electron chi connectivity index (χ0n) is 10.1. The van der Waals surface area contributed by atoms with Crippen molar-refractivity contribution in [3.8, 4) is 0 Å². The maximum absolute atomic E-state index is 13.7. The highest BCUT2D eigenvalue weighted by Crippen LogP contribution is 2.26. The zero-order valence-corrected chi connectivity index (χ0v) is 10.9. The summed E-state index contributed by atoms with van der Waals surface area (Å²) in [7, 11) is 0. The van der Waals surface area contributed by atoms with Gasteiger partial charge in [0.25, 0.3) is 0 Å². The van der Waals surface area contributed by atoms with Gasteiger partial charge in [-0.15, -0.1) is 0 Å². The van der Waals surface area contributed by atoms with Crippen molar-refractivity contribution < 1.29 is 8.81 Å². The Balaban J connectivity index is 2.24. The van der Waals surface area contributed by atoms with Gasteiger partial charge in [0.05, 0.1) is 12.3 Å². The molecule has 96 valence electrons. The molecule has 0 aliphatic carbocycles. The van der Waals surface area contributed by atoms with Crippen LogP contribution in [-0.4, -0.2) is 6.54 Å². The third-order valence-electron chi connectivity index (χ3n) is 2.81. The Morgan fingerprint density at radius 2 is 2.17 bits per heavy atom. The van der Waals surface area contributed by atoms with E-state index in [1.807, 2.05) is 19.1 Å². The lowest BCUT2D eigenvalue weighted by atomic mass is 10.0. The van der Waals surface area contributed by atoms with Gasteiger partial charge in [-0.25, -0.2) is 4.39 Å². The van der Waals surface area contributed by atoms with Crippen molar-refractivity contribution in [2.24, 2.45) is 0 Å². The maximum atomic E-state index is 13.7. The van der Waals surface area contributed by atoms with E-state index in [4.69, 9.17) is 16.0 Å². The average molecular weight is 268 g/mol. The minimum absolute atomic E-state index is 0.0700. The van der Waals surface area contributed by atoms with E-state index in [1.165, 1.54) is 6.07 Å². The standard InChI is InChI=1S/C14H15ClFNO/c1-2-17-13(14-7-4-8-18-14)9-10-11(15)5-3-6-12(10)16/h3-8,13,17H,2,9H2,1H3. The second kappa shape index (κ2) is 6.03. The number of hydrogen-bond donors (Lipinski definition) is 1. The van der Waals surface area contributed by atoms with Gasteiger partial charge in [0.15, 0.2) is 0 Å². The first-order valence-electron chi connectivity index (χ1n) is 5.92. The predicted octanol–water partition coefficient (Wildman–Crippen LogP) is 3.97. The van der Waals surface area contributed by atoms with Crippen LogP contribution in [0.1, 0.15) is 24.3 Å². The van der Waals surface area contributed by atoms with Crippen LogP contribution < -0.4 is 5.32 Å². The minimum atomic E-state index is -0.281. The first kappa shape index (κ1) is 13.1. The van der Waals surface area contributed by atoms with Gasteiger partial charge in [-0.1, -0.05) is 24.6 Å². The fourth-order valence-corrected chi connectivity index (χ4v) is 2.18. The van der Waals surface area contributed by atoms with Crippen molar-refractivity contribution >= 4 is 11.6 Å². The van der Waals surface area contributed by atoms with E-state index in [0.29, 0.717) is 17.0 Å². The number of hydrogen-bond acceptors (Lipinski definition) is 2. The van der Waals surface area contributed by atoms with E-state index < -0.39 is 0 Å². The van der Waals surface area contributed by atoms with Crippen LogP contribution in [0.25, 0.3) is 0 Å². The molecule has 1 heterocycles. The summed E-state index contributed by atoms with van der Waals surface area (Å²) in [6, 6.07) is 8.36. The molecule has 0 fully saturated rings. The molecule has 0 aliphatic rings. The van der Waals surface area contributed by atoms with Crippen LogP contribution in [0.15, 0.2) is 41.0 Å². The summed E-state index contributed by atoms with van der Waals surface area (Å²) >= 11 is 6.04. The number of rotatable bonds is 5. The molecule has 4 heteroatoms. The van der Waals surface area contributed by atoms with Crippen molar-refractivity contribution in [2.45, 2.75) is 19.4 Å². The first-order valence-corrected chi connectivity index (χ1v) is 6.29. The lowest BCUT2D eigenvalue weighted by molar-refractivity contribution is 0.412. The van der Waals surface area contributed by atoms with Crippen LogP contribution >= 0.6 is 11.6 Å². The molecule has 1 unspecified atom stereocenters. The first-order chi connectivity index (χ1) is 8.72. The predicted molar refractivity (Wildman–Crippen MR) is 70.2 cm³/mol. The van der Waals surface area contributed by atoms with Gasteiger partial charge in [-0.3, -0.25) is 0 Å². The molecule has 0 saturated carbocycles. The lowest BCUT2D eigenvalue weighted by Gasteiger charge is -2.16. The largest absolute Gasteiger partial charge is 0.468 e. The number of benzene rings is 1. The van der Waals surface area contributed by atoms with Gasteiger partial charge in [-0.2, -0.15) is 0 Å². The van der Waals surface area contributed by atoms with Gasteiger partial charge >= 0.3 is 0 Å². The Morgan fingerprint density at radius 3 is 2.78 bits per heavy atom. The van der Waals surface area contributed by atoms with E-state index in [1.54, 1.807) is 18.4 Å². The second-order valence-corrected chi connectivity index (χ2v) is 4.44. The van der Waals surface area contributed by atoms with E-state index >= 15 is 0 Å². The molecule has 1 atom stereocenters. The van der Waals surface area contributed by atoms with E-state index in [0.717, 1.165) is 12.3 Å². The lowest BCUT2D eigenvalue weighted by Crippen LogP contribution is -2.23. The summed E-state index contributed by atoms with van der Waals surface area (Å²) < 4.78 is 19.1. The molecule has 2 nitrogen and oxygen atoms in total. The fourth-order valence-electron chi connectivity index (χ4n) is 1.94. The number of nitrogens with one attached hydrogen (secondary N) is 1. The van der Waals surface area contributed by atoms with Crippen molar-refractivity contribution in [1.82, 2.24) is 5.32 Å². The molecule has 2 rings (SSSR count). The van der Waals surface area contributed by atoms with Crippen LogP contribution in [0.2, 0.25) is 5.02 Å². The zero-order chi connectivity index (χ0) is 13.0. The Kier molecular flexibility index (Phi) is 4.39. The molecule has 1 aromatic heterocycles. The summed E-state index contributed by atoms with van der Waals surface area (Å²) in [4.78, 5) is 0. The van der Waals surface area contributed by atoms with Gasteiger partial charge in [0, 0.05) is 10.6 Å². The van der Waals surface area contributed by atoms with Gasteiger partial charge in [-0.05, 0) is 37.2 Å². The topological polar surface area (TPSA) is 25.2 Å². The summed E-state index contributed by atoms with van der Waals surface area (Å²) in [5.74, 6) is 0.508. The number of furan rings is 1. The summed E-state index contributed by atoms with van der Waals surface area (Å²) in [6.45, 7) is 2.77. The summed E-state index contributed by atoms with van der Waals surface area (Å²) in [5.41, 5.74) is 0.515. The second-order valence-electron chi connectivity index (χ2n) is 4.03. The van der Waals surface area contributed by atoms with Crippen LogP contribution in [0.5, 0.6) is 0 Å². The average Bonchev–Trinajstić information content (AvgIpc) is 2.86. The SMILES string of the molecule is CCNC(Cc1c(F)cccc1Cl)c1ccco1. The van der Waals surface area contributed by atoms with E-state index in [9.17, 15) is 4.39 Å². The third kappa shape index (κ3) is 2.92. The Bertz CT molecular complexity index is 478. The van der Waals surface area contributed by atoms with Gasteiger partial charge in [0.2, 0.25) is 0 Å². The van der Waals surface area contributed by atoms with Gasteiger partial charge < -0.3 is 9.73 Å². The molecule has 0 bridgehead atoms. The highest BCUT2D eigenvalue weighted by molar-refractivity contribution is 6.31. The molecule has 0 radical (unpaired) electrons. The van der Waals surface area contributed by atoms with Crippen molar-refractivity contribution in [2.75, 3.05) is 6.54 Å². The normalized spacial score (nSPS) is 12.6. The van der Waals surface area contributed by atoms with Crippen molar-refractivity contribution in [3.05, 3.63) is 58.8 Å². The number of likely N-dealkylation sites (N-methyl/N-ethyl adjacent to an activating group) is 1. The highest BCUT2D eigenvalue weighted by atomic mass is 35.5. The van der Waals surface area contributed by atoms with E-state index in [-0.39, 0.29) is 11.9 Å². The molecule has 1 N–H and O–H groups in total. The molecule has 18 heavy (non-hydrogen) atoms. The Morgan fingerprint density at radius 1 is 1.33 bits per heavy atom. The molecule has 2 aromatic rings. The highest BCUT2D eigenvalue weighted by Gasteiger charge is 2.17. The van der Waals surface area contributed by atoms with Crippen LogP contribution in [-0.2, 0) is 6.42 Å². The fraction of sp³-hybridized carbons (Fsp3) is 0.286. The Hall–Kier alpha value is -1.32. The van der Waals surface area contributed by atoms with E-state index in [2.05, 4.69) is 5.32 Å². The smallest absolute Gasteiger partial charge is 0.127 e. The summed E-state index contributed by atoms with van der Waals surface area (Å²) in [6.07, 6.45) is 2.08. The third-order valence-corrected chi connectivity index (χ3v) is 3.16. The van der Waals surface area contributed by atoms with Crippen LogP contribution in [0, 0.1) is 5.82 Å². The molecule has 0 amide bonds. The summed E-state index contributed by atoms with van der Waals surface area (Å²) in [5, 5.41) is 3.72. The number of halogens is 2. The monoisotopic (exact) mass is 267 g/mol. The van der Waals surface area contributed by atoms with Crippen molar-refractivity contribution in [3.63, 3.8) is 0 Å². The maximum Gasteiger partial charge on any atom is 0.127 e. The molecule has 1 aromatic carbocycles. The van der Waals surface area contributed by atoms with Crippen LogP contribution in [0.4, 0.5) is 4.39 Å². The molecule has 0 saturated heterocycles. The Labute approximate surface area is 111 Å². The molecular formula is C14H15ClFNO. The minimum Gasteiger partial charge on any atom is -0.468 e.